The quantitative estimate of drug-likeness (QED) is 0.109. The largest absolute Gasteiger partial charge is 0.481 e. The van der Waals surface area contributed by atoms with Crippen molar-refractivity contribution in [2.24, 2.45) is 17.6 Å². The van der Waals surface area contributed by atoms with Gasteiger partial charge in [0.15, 0.2) is 22.7 Å². The number of carboxylic acids is 1. The minimum absolute atomic E-state index is 0.0292. The molecule has 26 heteroatoms. The Hall–Kier alpha value is -10.4. The highest BCUT2D eigenvalue weighted by Crippen LogP contribution is 2.49. The summed E-state index contributed by atoms with van der Waals surface area (Å²) < 4.78 is 56.9. The maximum Gasteiger partial charge on any atom is 0.306 e. The number of aliphatic carboxylic acids is 1. The fourth-order valence-electron chi connectivity index (χ4n) is 17.8. The first-order valence-corrected chi connectivity index (χ1v) is 45.1. The lowest BCUT2D eigenvalue weighted by atomic mass is 9.85. The average Bonchev–Trinajstić information content (AvgIpc) is 1.62. The fourth-order valence-corrected chi connectivity index (χ4v) is 20.8. The van der Waals surface area contributed by atoms with E-state index in [2.05, 4.69) is 107 Å². The van der Waals surface area contributed by atoms with Crippen LogP contribution < -0.4 is 5.73 Å². The number of sulfone groups is 2. The molecule has 16 rings (SSSR count). The molecule has 8 heterocycles. The number of hydrogen-bond acceptors (Lipinski definition) is 10. The molecule has 0 saturated heterocycles. The van der Waals surface area contributed by atoms with Crippen LogP contribution in [0.25, 0.3) is 107 Å². The van der Waals surface area contributed by atoms with Crippen molar-refractivity contribution in [1.29, 1.82) is 0 Å². The van der Waals surface area contributed by atoms with Gasteiger partial charge in [-0.2, -0.15) is 0 Å². The Bertz CT molecular complexity index is 6020. The van der Waals surface area contributed by atoms with Crippen molar-refractivity contribution in [2.45, 2.75) is 193 Å². The normalized spacial score (nSPS) is 19.5. The van der Waals surface area contributed by atoms with Crippen LogP contribution in [0.4, 0.5) is 22.7 Å². The van der Waals surface area contributed by atoms with Gasteiger partial charge in [-0.05, 0) is 273 Å². The molecule has 8 aromatic heterocycles. The molecular weight excluding hydrogens is 1610 g/mol. The molecule has 0 bridgehead atoms. The van der Waals surface area contributed by atoms with Gasteiger partial charge in [0, 0.05) is 184 Å². The number of halogens is 4. The third kappa shape index (κ3) is 17.4. The lowest BCUT2D eigenvalue weighted by Crippen LogP contribution is -2.28. The van der Waals surface area contributed by atoms with Crippen LogP contribution in [-0.2, 0) is 29.3 Å². The SMILES string of the molecule is [C-]#[N+]c1cc2c(-c3cncc(C)c3Cl)cn(C3CCC(C(=O)O)CC3)c2cc1C.[C-]#[N+]c1cc2c(-c3cncc(C)c3Cl)cn(C3CCC(C(N)=O)CC3)c2cc1C.[C-]#[N+]c1cc2c(-c3cncc(C)c3Cl)cn(C3CCC(S(C)(=O)=O)CC3)c2cc1C.[C-]#[N+]c1cc2c(-c3cncc(C)c3Cl)cn(C3CCC(S(C)(=O)=O)CC3)c2cc1C. The molecule has 12 aromatic rings. The van der Waals surface area contributed by atoms with Crippen molar-refractivity contribution >= 4 is 144 Å². The number of pyridine rings is 4. The van der Waals surface area contributed by atoms with Crippen molar-refractivity contribution < 1.29 is 31.5 Å². The van der Waals surface area contributed by atoms with Gasteiger partial charge in [-0.25, -0.2) is 36.2 Å². The predicted octanol–water partition coefficient (Wildman–Crippen LogP) is 24.2. The van der Waals surface area contributed by atoms with Crippen LogP contribution >= 0.6 is 46.4 Å². The number of carbonyl (C=O) groups excluding carboxylic acids is 1. The number of rotatable bonds is 12. The molecule has 0 unspecified atom stereocenters. The lowest BCUT2D eigenvalue weighted by molar-refractivity contribution is -0.143. The average molecular weight is 1700 g/mol. The highest BCUT2D eigenvalue weighted by Gasteiger charge is 2.35. The summed E-state index contributed by atoms with van der Waals surface area (Å²) in [6.45, 7) is 45.6. The molecule has 1 amide bonds. The summed E-state index contributed by atoms with van der Waals surface area (Å²) in [7, 11) is -6.01. The third-order valence-electron chi connectivity index (χ3n) is 24.7. The van der Waals surface area contributed by atoms with Crippen LogP contribution in [0.2, 0.25) is 20.1 Å². The Morgan fingerprint density at radius 1 is 0.356 bits per heavy atom. The summed E-state index contributed by atoms with van der Waals surface area (Å²) in [4.78, 5) is 54.9. The molecule has 0 radical (unpaired) electrons. The van der Waals surface area contributed by atoms with Crippen LogP contribution in [0.1, 0.15) is 171 Å². The highest BCUT2D eigenvalue weighted by molar-refractivity contribution is 7.91. The van der Waals surface area contributed by atoms with E-state index in [-0.39, 0.29) is 52.4 Å². The summed E-state index contributed by atoms with van der Waals surface area (Å²) in [5.74, 6) is -1.18. The standard InChI is InChI=1S/C23H23ClN4O.2C23H24ClN3O2S.C23H22ClN3O2/c1-13-8-21-17(9-20(13)26-3)19(18-11-27-10-14(2)22(18)24)12-28(21)16-6-4-15(5-7-16)23(25)29;2*1-14-9-22-18(10-21(14)25-3)20(19-12-26-11-15(2)23(19)24)13-27(22)16-5-7-17(8-6-16)30(4,28)29;1-13-8-21-17(9-20(13)25-3)19(18-11-26-10-14(2)22(18)24)12-27(21)16-6-4-15(5-7-16)23(28)29/h8-12,15-16H,4-7H2,1-2H3,(H2,25,29);2*9-13,16-17H,5-8H2,1-2,4H3;8-12,15-16H,4-7H2,1-2H3,(H,28,29). The monoisotopic (exact) mass is 1700 g/mol. The first kappa shape index (κ1) is 85.5. The van der Waals surface area contributed by atoms with Crippen LogP contribution in [-0.4, -0.2) is 95.0 Å². The summed E-state index contributed by atoms with van der Waals surface area (Å²) >= 11 is 26.5. The Morgan fingerprint density at radius 2 is 0.576 bits per heavy atom. The van der Waals surface area contributed by atoms with Gasteiger partial charge in [0.25, 0.3) is 0 Å². The second kappa shape index (κ2) is 35.3. The first-order chi connectivity index (χ1) is 56.2. The Balaban J connectivity index is 0.000000136. The number of hydrogen-bond donors (Lipinski definition) is 2. The van der Waals surface area contributed by atoms with Crippen molar-refractivity contribution in [1.82, 2.24) is 38.2 Å². The second-order valence-electron chi connectivity index (χ2n) is 32.4. The highest BCUT2D eigenvalue weighted by atomic mass is 35.5. The van der Waals surface area contributed by atoms with Crippen LogP contribution in [0, 0.1) is 93.5 Å². The number of fused-ring (bicyclic) bond motifs is 4. The third-order valence-corrected chi connectivity index (χ3v) is 30.1. The molecule has 0 spiro atoms. The number of carboxylic acid groups (broad SMARTS) is 1. The molecule has 4 aromatic carbocycles. The van der Waals surface area contributed by atoms with E-state index in [1.807, 2.05) is 79.7 Å². The van der Waals surface area contributed by atoms with E-state index in [9.17, 15) is 31.5 Å². The Morgan fingerprint density at radius 3 is 0.780 bits per heavy atom. The molecule has 4 aliphatic rings. The number of amides is 1. The summed E-state index contributed by atoms with van der Waals surface area (Å²) in [6, 6.07) is 17.0. The number of benzene rings is 4. The summed E-state index contributed by atoms with van der Waals surface area (Å²) in [5, 5.41) is 15.4. The van der Waals surface area contributed by atoms with E-state index >= 15 is 0 Å². The Kier molecular flexibility index (Phi) is 25.5. The fraction of sp³-hybridized carbons (Fsp3) is 0.370. The molecule has 4 aliphatic carbocycles. The van der Waals surface area contributed by atoms with Gasteiger partial charge >= 0.3 is 5.97 Å². The Labute approximate surface area is 709 Å². The zero-order valence-electron chi connectivity index (χ0n) is 67.6. The second-order valence-corrected chi connectivity index (χ2v) is 38.6. The maximum atomic E-state index is 12.0. The van der Waals surface area contributed by atoms with Gasteiger partial charge in [0.2, 0.25) is 5.91 Å². The van der Waals surface area contributed by atoms with Crippen molar-refractivity contribution in [3.05, 3.63) is 233 Å². The van der Waals surface area contributed by atoms with E-state index in [4.69, 9.17) is 78.4 Å². The van der Waals surface area contributed by atoms with E-state index in [1.54, 1.807) is 49.6 Å². The van der Waals surface area contributed by atoms with Gasteiger partial charge in [0.05, 0.1) is 62.8 Å². The van der Waals surface area contributed by atoms with Gasteiger partial charge in [-0.3, -0.25) is 29.5 Å². The lowest BCUT2D eigenvalue weighted by Gasteiger charge is -2.29. The molecular formula is C92H93Cl4N13O7S2. The molecule has 0 atom stereocenters. The maximum absolute atomic E-state index is 12.0. The number of nitrogens with zero attached hydrogens (tertiary/aromatic N) is 12. The predicted molar refractivity (Wildman–Crippen MR) is 475 cm³/mol. The number of primary amides is 1. The summed E-state index contributed by atoms with van der Waals surface area (Å²) in [6.07, 6.45) is 37.5. The first-order valence-electron chi connectivity index (χ1n) is 39.6. The zero-order chi connectivity index (χ0) is 84.7. The molecule has 3 N–H and O–H groups in total. The van der Waals surface area contributed by atoms with E-state index in [0.717, 1.165) is 197 Å². The van der Waals surface area contributed by atoms with Crippen LogP contribution in [0.5, 0.6) is 0 Å². The minimum Gasteiger partial charge on any atom is -0.481 e. The van der Waals surface area contributed by atoms with Gasteiger partial charge < -0.3 is 29.1 Å². The minimum atomic E-state index is -3.01. The molecule has 20 nitrogen and oxygen atoms in total. The number of aryl methyl sites for hydroxylation is 8. The van der Waals surface area contributed by atoms with E-state index < -0.39 is 25.6 Å². The van der Waals surface area contributed by atoms with E-state index in [0.29, 0.717) is 81.4 Å². The zero-order valence-corrected chi connectivity index (χ0v) is 72.3. The van der Waals surface area contributed by atoms with Crippen LogP contribution in [0.3, 0.4) is 0 Å². The molecule has 4 saturated carbocycles. The number of carbonyl (C=O) groups is 2. The van der Waals surface area contributed by atoms with E-state index in [1.165, 1.54) is 12.5 Å². The summed E-state index contributed by atoms with van der Waals surface area (Å²) in [5.41, 5.74) is 27.0. The number of nitrogens with two attached hydrogens (primary N) is 1. The molecule has 4 fully saturated rings. The molecule has 0 aliphatic heterocycles. The topological polar surface area (TPSA) is 237 Å². The van der Waals surface area contributed by atoms with Crippen molar-refractivity contribution in [2.75, 3.05) is 12.5 Å². The van der Waals surface area contributed by atoms with Crippen LogP contribution in [0.15, 0.2) is 123 Å². The molecule has 118 heavy (non-hydrogen) atoms. The smallest absolute Gasteiger partial charge is 0.306 e. The van der Waals surface area contributed by atoms with Crippen molar-refractivity contribution in [3.8, 4) is 44.5 Å². The van der Waals surface area contributed by atoms with Gasteiger partial charge in [-0.15, -0.1) is 0 Å². The number of aromatic nitrogens is 8. The molecule has 608 valence electrons. The van der Waals surface area contributed by atoms with Crippen molar-refractivity contribution in [3.63, 3.8) is 0 Å². The van der Waals surface area contributed by atoms with Gasteiger partial charge in [0.1, 0.15) is 19.7 Å². The van der Waals surface area contributed by atoms with Gasteiger partial charge in [-0.1, -0.05) is 46.4 Å².